The van der Waals surface area contributed by atoms with Crippen molar-refractivity contribution in [1.82, 2.24) is 4.73 Å². The largest absolute Gasteiger partial charge is 0.457 e. The molecular weight excluding hydrogens is 407 g/mol. The molecule has 0 fully saturated rings. The fourth-order valence-electron chi connectivity index (χ4n) is 3.42. The first-order valence-corrected chi connectivity index (χ1v) is 9.50. The van der Waals surface area contributed by atoms with Gasteiger partial charge < -0.3 is 9.94 Å². The molecule has 0 saturated heterocycles. The van der Waals surface area contributed by atoms with Gasteiger partial charge in [-0.3, -0.25) is 4.79 Å². The highest BCUT2D eigenvalue weighted by atomic mass is 19.4. The molecule has 158 valence electrons. The van der Waals surface area contributed by atoms with Crippen molar-refractivity contribution in [2.75, 3.05) is 0 Å². The van der Waals surface area contributed by atoms with Gasteiger partial charge in [0.1, 0.15) is 11.5 Å². The molecule has 0 saturated carbocycles. The molecule has 7 heteroatoms. The van der Waals surface area contributed by atoms with Crippen LogP contribution in [0.3, 0.4) is 0 Å². The first kappa shape index (κ1) is 20.5. The minimum Gasteiger partial charge on any atom is -0.457 e. The number of halogens is 3. The van der Waals surface area contributed by atoms with Crippen molar-refractivity contribution >= 4 is 10.9 Å². The highest BCUT2D eigenvalue weighted by Gasteiger charge is 2.30. The Kier molecular flexibility index (Phi) is 5.19. The minimum atomic E-state index is -4.39. The van der Waals surface area contributed by atoms with Crippen LogP contribution in [0.4, 0.5) is 13.2 Å². The third-order valence-corrected chi connectivity index (χ3v) is 5.13. The predicted molar refractivity (Wildman–Crippen MR) is 111 cm³/mol. The number of fused-ring (bicyclic) bond motifs is 1. The molecule has 0 spiro atoms. The number of ether oxygens (including phenoxy) is 1. The third-order valence-electron chi connectivity index (χ3n) is 5.13. The van der Waals surface area contributed by atoms with E-state index >= 15 is 0 Å². The molecule has 0 amide bonds. The second-order valence-corrected chi connectivity index (χ2v) is 7.17. The van der Waals surface area contributed by atoms with Gasteiger partial charge in [-0.2, -0.15) is 17.9 Å². The number of rotatable bonds is 4. The quantitative estimate of drug-likeness (QED) is 0.411. The lowest BCUT2D eigenvalue weighted by Gasteiger charge is -2.13. The maximum absolute atomic E-state index is 12.9. The topological polar surface area (TPSA) is 51.5 Å². The molecule has 0 aliphatic rings. The Labute approximate surface area is 175 Å². The summed E-state index contributed by atoms with van der Waals surface area (Å²) in [6.45, 7) is 1.69. The van der Waals surface area contributed by atoms with Gasteiger partial charge in [-0.1, -0.05) is 24.3 Å². The molecule has 4 aromatic rings. The van der Waals surface area contributed by atoms with Crippen LogP contribution in [0.15, 0.2) is 77.6 Å². The Morgan fingerprint density at radius 1 is 0.903 bits per heavy atom. The fraction of sp³-hybridized carbons (Fsp3) is 0.125. The van der Waals surface area contributed by atoms with Gasteiger partial charge in [-0.15, -0.1) is 0 Å². The van der Waals surface area contributed by atoms with Crippen LogP contribution in [0.1, 0.15) is 22.4 Å². The second-order valence-electron chi connectivity index (χ2n) is 7.17. The summed E-state index contributed by atoms with van der Waals surface area (Å²) in [5, 5.41) is 10.8. The Bertz CT molecular complexity index is 1290. The van der Waals surface area contributed by atoms with Gasteiger partial charge in [0, 0.05) is 17.4 Å². The Morgan fingerprint density at radius 3 is 2.10 bits per heavy atom. The van der Waals surface area contributed by atoms with E-state index in [2.05, 4.69) is 0 Å². The Hall–Kier alpha value is -3.74. The molecule has 1 heterocycles. The molecule has 1 N–H and O–H groups in total. The molecule has 0 atom stereocenters. The molecule has 0 unspecified atom stereocenters. The van der Waals surface area contributed by atoms with E-state index in [1.165, 1.54) is 12.1 Å². The van der Waals surface area contributed by atoms with E-state index in [1.54, 1.807) is 55.5 Å². The van der Waals surface area contributed by atoms with Gasteiger partial charge in [0.25, 0.3) is 0 Å². The fourth-order valence-corrected chi connectivity index (χ4v) is 3.42. The van der Waals surface area contributed by atoms with Crippen LogP contribution in [0.2, 0.25) is 0 Å². The van der Waals surface area contributed by atoms with E-state index in [9.17, 15) is 23.2 Å². The molecule has 0 bridgehead atoms. The van der Waals surface area contributed by atoms with E-state index in [4.69, 9.17) is 4.74 Å². The summed E-state index contributed by atoms with van der Waals surface area (Å²) in [6, 6.07) is 18.2. The van der Waals surface area contributed by atoms with Crippen LogP contribution >= 0.6 is 0 Å². The van der Waals surface area contributed by atoms with Crippen LogP contribution in [0, 0.1) is 6.92 Å². The first-order chi connectivity index (χ1) is 14.7. The molecule has 1 aromatic heterocycles. The summed E-state index contributed by atoms with van der Waals surface area (Å²) in [5.74, 6) is 0.743. The molecule has 4 nitrogen and oxygen atoms in total. The molecule has 31 heavy (non-hydrogen) atoms. The van der Waals surface area contributed by atoms with E-state index in [0.29, 0.717) is 34.3 Å². The zero-order valence-electron chi connectivity index (χ0n) is 16.5. The summed E-state index contributed by atoms with van der Waals surface area (Å²) < 4.78 is 44.6. The standard InChI is InChI=1S/C24H18F3NO3/c1-15-21(23(29)20-4-2-3-5-22(20)28(15)30)14-16-6-10-18(11-7-16)31-19-12-8-17(9-13-19)24(25,26)27/h2-13,30H,14H2,1H3. The maximum atomic E-state index is 12.9. The van der Waals surface area contributed by atoms with Crippen molar-refractivity contribution < 1.29 is 23.1 Å². The molecule has 4 rings (SSSR count). The number of hydrogen-bond donors (Lipinski definition) is 1. The van der Waals surface area contributed by atoms with Gasteiger partial charge in [0.15, 0.2) is 5.43 Å². The van der Waals surface area contributed by atoms with Gasteiger partial charge >= 0.3 is 6.18 Å². The third kappa shape index (κ3) is 4.12. The van der Waals surface area contributed by atoms with Crippen LogP contribution in [-0.4, -0.2) is 9.94 Å². The maximum Gasteiger partial charge on any atom is 0.416 e. The molecule has 0 radical (unpaired) electrons. The molecule has 3 aromatic carbocycles. The zero-order valence-corrected chi connectivity index (χ0v) is 16.5. The number of para-hydroxylation sites is 1. The number of pyridine rings is 1. The van der Waals surface area contributed by atoms with Crippen LogP contribution in [-0.2, 0) is 12.6 Å². The van der Waals surface area contributed by atoms with Gasteiger partial charge in [0.05, 0.1) is 16.8 Å². The van der Waals surface area contributed by atoms with Gasteiger partial charge in [-0.25, -0.2) is 0 Å². The van der Waals surface area contributed by atoms with E-state index in [1.807, 2.05) is 0 Å². The minimum absolute atomic E-state index is 0.136. The number of aromatic nitrogens is 1. The Balaban J connectivity index is 1.55. The lowest BCUT2D eigenvalue weighted by Crippen LogP contribution is -2.18. The van der Waals surface area contributed by atoms with Crippen molar-refractivity contribution in [2.45, 2.75) is 19.5 Å². The van der Waals surface area contributed by atoms with E-state index < -0.39 is 11.7 Å². The molecule has 0 aliphatic heterocycles. The number of alkyl halides is 3. The van der Waals surface area contributed by atoms with Crippen molar-refractivity contribution in [3.05, 3.63) is 105 Å². The van der Waals surface area contributed by atoms with Crippen LogP contribution in [0.5, 0.6) is 11.5 Å². The number of benzene rings is 3. The van der Waals surface area contributed by atoms with Gasteiger partial charge in [-0.05, 0) is 61.0 Å². The van der Waals surface area contributed by atoms with E-state index in [-0.39, 0.29) is 11.2 Å². The predicted octanol–water partition coefficient (Wildman–Crippen LogP) is 5.95. The highest BCUT2D eigenvalue weighted by molar-refractivity contribution is 5.79. The number of hydrogen-bond acceptors (Lipinski definition) is 3. The summed E-state index contributed by atoms with van der Waals surface area (Å²) in [6.07, 6.45) is -4.08. The van der Waals surface area contributed by atoms with Crippen molar-refractivity contribution in [2.24, 2.45) is 0 Å². The average Bonchev–Trinajstić information content (AvgIpc) is 2.76. The van der Waals surface area contributed by atoms with E-state index in [0.717, 1.165) is 22.4 Å². The molecule has 0 aliphatic carbocycles. The second kappa shape index (κ2) is 7.83. The number of nitrogens with zero attached hydrogens (tertiary/aromatic N) is 1. The lowest BCUT2D eigenvalue weighted by molar-refractivity contribution is -0.137. The van der Waals surface area contributed by atoms with Crippen molar-refractivity contribution in [3.63, 3.8) is 0 Å². The Morgan fingerprint density at radius 2 is 1.48 bits per heavy atom. The summed E-state index contributed by atoms with van der Waals surface area (Å²) in [5.41, 5.74) is 1.36. The summed E-state index contributed by atoms with van der Waals surface area (Å²) in [4.78, 5) is 12.9. The van der Waals surface area contributed by atoms with Gasteiger partial charge in [0.2, 0.25) is 0 Å². The van der Waals surface area contributed by atoms with Crippen LogP contribution < -0.4 is 10.2 Å². The monoisotopic (exact) mass is 425 g/mol. The van der Waals surface area contributed by atoms with Crippen LogP contribution in [0.25, 0.3) is 10.9 Å². The average molecular weight is 425 g/mol. The zero-order chi connectivity index (χ0) is 22.2. The SMILES string of the molecule is Cc1c(Cc2ccc(Oc3ccc(C(F)(F)F)cc3)cc2)c(=O)c2ccccc2n1O. The highest BCUT2D eigenvalue weighted by Crippen LogP contribution is 2.31. The normalized spacial score (nSPS) is 11.6. The smallest absolute Gasteiger partial charge is 0.416 e. The van der Waals surface area contributed by atoms with Crippen molar-refractivity contribution in [1.29, 1.82) is 0 Å². The summed E-state index contributed by atoms with van der Waals surface area (Å²) >= 11 is 0. The van der Waals surface area contributed by atoms with Crippen molar-refractivity contribution in [3.8, 4) is 11.5 Å². The molecular formula is C24H18F3NO3. The first-order valence-electron chi connectivity index (χ1n) is 9.50. The summed E-state index contributed by atoms with van der Waals surface area (Å²) in [7, 11) is 0. The lowest BCUT2D eigenvalue weighted by atomic mass is 10.0.